The Labute approximate surface area is 97.5 Å². The minimum atomic E-state index is -0.397. The highest BCUT2D eigenvalue weighted by Crippen LogP contribution is 2.20. The Morgan fingerprint density at radius 2 is 2.29 bits per heavy atom. The number of nitrogens with zero attached hydrogens (tertiary/aromatic N) is 1. The van der Waals surface area contributed by atoms with Crippen molar-refractivity contribution in [2.24, 2.45) is 0 Å². The van der Waals surface area contributed by atoms with Crippen LogP contribution in [0.2, 0.25) is 0 Å². The smallest absolute Gasteiger partial charge is 0.259 e. The zero-order chi connectivity index (χ0) is 12.4. The molecule has 6 heteroatoms. The number of nitrogen functional groups attached to an aromatic ring is 1. The summed E-state index contributed by atoms with van der Waals surface area (Å²) >= 11 is 0. The van der Waals surface area contributed by atoms with Crippen molar-refractivity contribution >= 4 is 17.4 Å². The zero-order valence-electron chi connectivity index (χ0n) is 9.19. The molecule has 1 aromatic heterocycles. The molecule has 5 N–H and O–H groups in total. The largest absolute Gasteiger partial charge is 0.508 e. The summed E-state index contributed by atoms with van der Waals surface area (Å²) in [6, 6.07) is 4.22. The zero-order valence-corrected chi connectivity index (χ0v) is 9.19. The lowest BCUT2D eigenvalue weighted by Gasteiger charge is -2.06. The van der Waals surface area contributed by atoms with Crippen LogP contribution in [0.4, 0.5) is 11.5 Å². The molecule has 1 aromatic carbocycles. The van der Waals surface area contributed by atoms with Gasteiger partial charge in [0.2, 0.25) is 0 Å². The Morgan fingerprint density at radius 1 is 1.53 bits per heavy atom. The number of carbonyl (C=O) groups excluding carboxylic acids is 1. The van der Waals surface area contributed by atoms with Crippen LogP contribution in [0.5, 0.6) is 5.75 Å². The molecular weight excluding hydrogens is 220 g/mol. The van der Waals surface area contributed by atoms with E-state index < -0.39 is 5.91 Å². The molecule has 0 radical (unpaired) electrons. The second kappa shape index (κ2) is 4.17. The lowest BCUT2D eigenvalue weighted by molar-refractivity contribution is 0.102. The normalized spacial score (nSPS) is 10.2. The summed E-state index contributed by atoms with van der Waals surface area (Å²) in [5.74, 6) is 0.106. The third kappa shape index (κ3) is 2.20. The van der Waals surface area contributed by atoms with Gasteiger partial charge in [-0.25, -0.2) is 0 Å². The predicted octanol–water partition coefficient (Wildman–Crippen LogP) is 1.26. The molecular formula is C11H12N4O2. The maximum Gasteiger partial charge on any atom is 0.259 e. The fraction of sp³-hybridized carbons (Fsp3) is 0.0909. The number of benzene rings is 1. The lowest BCUT2D eigenvalue weighted by atomic mass is 10.1. The molecule has 0 saturated carbocycles. The van der Waals surface area contributed by atoms with Crippen molar-refractivity contribution in [1.82, 2.24) is 10.2 Å². The van der Waals surface area contributed by atoms with Gasteiger partial charge in [0.15, 0.2) is 0 Å². The quantitative estimate of drug-likeness (QED) is 0.462. The van der Waals surface area contributed by atoms with E-state index in [9.17, 15) is 9.90 Å². The fourth-order valence-electron chi connectivity index (χ4n) is 1.39. The third-order valence-corrected chi connectivity index (χ3v) is 2.35. The number of aromatic nitrogens is 2. The number of phenols is 1. The van der Waals surface area contributed by atoms with E-state index in [1.165, 1.54) is 18.2 Å². The first-order chi connectivity index (χ1) is 8.08. The number of hydrogen-bond donors (Lipinski definition) is 4. The summed E-state index contributed by atoms with van der Waals surface area (Å²) in [7, 11) is 0. The molecule has 0 atom stereocenters. The number of aromatic hydroxyl groups is 1. The second-order valence-electron chi connectivity index (χ2n) is 3.65. The van der Waals surface area contributed by atoms with Crippen LogP contribution >= 0.6 is 0 Å². The van der Waals surface area contributed by atoms with Gasteiger partial charge in [-0.2, -0.15) is 5.10 Å². The Hall–Kier alpha value is -2.50. The van der Waals surface area contributed by atoms with E-state index in [-0.39, 0.29) is 11.3 Å². The summed E-state index contributed by atoms with van der Waals surface area (Å²) in [5, 5.41) is 18.4. The number of hydrogen-bond acceptors (Lipinski definition) is 4. The molecule has 0 aliphatic rings. The summed E-state index contributed by atoms with van der Waals surface area (Å²) in [6.45, 7) is 1.81. The van der Waals surface area contributed by atoms with E-state index >= 15 is 0 Å². The molecule has 0 aliphatic heterocycles. The third-order valence-electron chi connectivity index (χ3n) is 2.35. The summed E-state index contributed by atoms with van der Waals surface area (Å²) in [5.41, 5.74) is 7.00. The van der Waals surface area contributed by atoms with Crippen molar-refractivity contribution in [1.29, 1.82) is 0 Å². The number of aryl methyl sites for hydroxylation is 1. The number of aromatic amines is 1. The van der Waals surface area contributed by atoms with Gasteiger partial charge in [-0.05, 0) is 25.1 Å². The van der Waals surface area contributed by atoms with Gasteiger partial charge < -0.3 is 16.2 Å². The highest BCUT2D eigenvalue weighted by atomic mass is 16.3. The maximum absolute atomic E-state index is 11.9. The first kappa shape index (κ1) is 11.0. The molecule has 88 valence electrons. The van der Waals surface area contributed by atoms with Crippen LogP contribution in [0.1, 0.15) is 15.9 Å². The molecule has 6 nitrogen and oxygen atoms in total. The van der Waals surface area contributed by atoms with Crippen LogP contribution < -0.4 is 11.1 Å². The minimum absolute atomic E-state index is 0.00863. The molecule has 17 heavy (non-hydrogen) atoms. The van der Waals surface area contributed by atoms with Crippen molar-refractivity contribution < 1.29 is 9.90 Å². The van der Waals surface area contributed by atoms with Gasteiger partial charge in [0.1, 0.15) is 11.6 Å². The number of rotatable bonds is 2. The molecule has 1 amide bonds. The van der Waals surface area contributed by atoms with Crippen LogP contribution in [0, 0.1) is 6.92 Å². The maximum atomic E-state index is 11.9. The van der Waals surface area contributed by atoms with E-state index in [4.69, 9.17) is 5.73 Å². The minimum Gasteiger partial charge on any atom is -0.508 e. The molecule has 2 aromatic rings. The van der Waals surface area contributed by atoms with Crippen LogP contribution in [-0.2, 0) is 0 Å². The van der Waals surface area contributed by atoms with E-state index in [1.807, 2.05) is 6.92 Å². The van der Waals surface area contributed by atoms with Crippen molar-refractivity contribution in [2.45, 2.75) is 6.92 Å². The molecule has 2 rings (SSSR count). The molecule has 1 heterocycles. The Bertz CT molecular complexity index is 562. The number of nitrogens with two attached hydrogens (primary N) is 1. The van der Waals surface area contributed by atoms with Gasteiger partial charge in [0.05, 0.1) is 11.8 Å². The molecule has 0 saturated heterocycles. The molecule has 0 spiro atoms. The molecule has 0 aliphatic carbocycles. The Morgan fingerprint density at radius 3 is 2.94 bits per heavy atom. The first-order valence-electron chi connectivity index (χ1n) is 4.97. The monoisotopic (exact) mass is 232 g/mol. The topological polar surface area (TPSA) is 104 Å². The SMILES string of the molecule is Cc1cn[nH]c1NC(=O)c1cc(O)ccc1N. The average molecular weight is 232 g/mol. The van der Waals surface area contributed by atoms with Crippen molar-refractivity contribution in [3.8, 4) is 5.75 Å². The summed E-state index contributed by atoms with van der Waals surface area (Å²) < 4.78 is 0. The van der Waals surface area contributed by atoms with Crippen molar-refractivity contribution in [3.05, 3.63) is 35.5 Å². The number of H-pyrrole nitrogens is 1. The van der Waals surface area contributed by atoms with Gasteiger partial charge in [0, 0.05) is 11.3 Å². The highest BCUT2D eigenvalue weighted by molar-refractivity contribution is 6.07. The van der Waals surface area contributed by atoms with E-state index in [2.05, 4.69) is 15.5 Å². The van der Waals surface area contributed by atoms with Gasteiger partial charge in [0.25, 0.3) is 5.91 Å². The molecule has 0 fully saturated rings. The summed E-state index contributed by atoms with van der Waals surface area (Å²) in [6.07, 6.45) is 1.60. The highest BCUT2D eigenvalue weighted by Gasteiger charge is 2.12. The van der Waals surface area contributed by atoms with Gasteiger partial charge in [-0.1, -0.05) is 0 Å². The standard InChI is InChI=1S/C11H12N4O2/c1-6-5-13-15-10(6)14-11(17)8-4-7(16)2-3-9(8)12/h2-5,16H,12H2,1H3,(H2,13,14,15,17). The Balaban J connectivity index is 2.26. The van der Waals surface area contributed by atoms with Crippen molar-refractivity contribution in [3.63, 3.8) is 0 Å². The number of phenolic OH excluding ortho intramolecular Hbond substituents is 1. The number of nitrogens with one attached hydrogen (secondary N) is 2. The summed E-state index contributed by atoms with van der Waals surface area (Å²) in [4.78, 5) is 11.9. The van der Waals surface area contributed by atoms with Crippen molar-refractivity contribution in [2.75, 3.05) is 11.1 Å². The fourth-order valence-corrected chi connectivity index (χ4v) is 1.39. The van der Waals surface area contributed by atoms with E-state index in [1.54, 1.807) is 6.20 Å². The number of amides is 1. The second-order valence-corrected chi connectivity index (χ2v) is 3.65. The van der Waals surface area contributed by atoms with Crippen LogP contribution in [-0.4, -0.2) is 21.2 Å². The predicted molar refractivity (Wildman–Crippen MR) is 63.8 cm³/mol. The van der Waals surface area contributed by atoms with E-state index in [0.717, 1.165) is 5.56 Å². The Kier molecular flexibility index (Phi) is 2.70. The van der Waals surface area contributed by atoms with Crippen LogP contribution in [0.15, 0.2) is 24.4 Å². The molecule has 0 bridgehead atoms. The van der Waals surface area contributed by atoms with E-state index in [0.29, 0.717) is 11.5 Å². The number of anilines is 2. The van der Waals surface area contributed by atoms with Gasteiger partial charge in [-0.3, -0.25) is 9.89 Å². The van der Waals surface area contributed by atoms with Crippen LogP contribution in [0.25, 0.3) is 0 Å². The van der Waals surface area contributed by atoms with Gasteiger partial charge >= 0.3 is 0 Å². The molecule has 0 unspecified atom stereocenters. The first-order valence-corrected chi connectivity index (χ1v) is 4.97. The number of carbonyl (C=O) groups is 1. The lowest BCUT2D eigenvalue weighted by Crippen LogP contribution is -2.14. The van der Waals surface area contributed by atoms with Gasteiger partial charge in [-0.15, -0.1) is 0 Å². The average Bonchev–Trinajstić information content (AvgIpc) is 2.68. The van der Waals surface area contributed by atoms with Crippen LogP contribution in [0.3, 0.4) is 0 Å².